The maximum Gasteiger partial charge on any atom is 0.228 e. The predicted octanol–water partition coefficient (Wildman–Crippen LogP) is 0.846. The first kappa shape index (κ1) is 13.5. The zero-order chi connectivity index (χ0) is 14.1. The molecule has 0 bridgehead atoms. The van der Waals surface area contributed by atoms with Gasteiger partial charge in [-0.25, -0.2) is 10.4 Å². The van der Waals surface area contributed by atoms with Crippen molar-refractivity contribution < 1.29 is 4.79 Å². The van der Waals surface area contributed by atoms with Crippen molar-refractivity contribution in [3.05, 3.63) is 29.8 Å². The first-order valence-electron chi connectivity index (χ1n) is 7.20. The molecule has 1 fully saturated rings. The lowest BCUT2D eigenvalue weighted by atomic mass is 9.97. The predicted molar refractivity (Wildman–Crippen MR) is 79.4 cm³/mol. The summed E-state index contributed by atoms with van der Waals surface area (Å²) in [6, 6.07) is 8.26. The highest BCUT2D eigenvalue weighted by atomic mass is 16.2. The average Bonchev–Trinajstić information content (AvgIpc) is 2.47. The molecule has 1 atom stereocenters. The van der Waals surface area contributed by atoms with Crippen LogP contribution in [0.4, 0.5) is 5.69 Å². The number of hydrogen-bond donors (Lipinski definition) is 1. The fourth-order valence-electron chi connectivity index (χ4n) is 2.91. The van der Waals surface area contributed by atoms with E-state index in [9.17, 15) is 4.79 Å². The Labute approximate surface area is 120 Å². The second-order valence-corrected chi connectivity index (χ2v) is 5.69. The molecule has 0 radical (unpaired) electrons. The second kappa shape index (κ2) is 5.52. The van der Waals surface area contributed by atoms with Gasteiger partial charge < -0.3 is 9.80 Å². The Bertz CT molecular complexity index is 496. The van der Waals surface area contributed by atoms with Gasteiger partial charge in [-0.3, -0.25) is 4.79 Å². The molecule has 5 nitrogen and oxygen atoms in total. The van der Waals surface area contributed by atoms with E-state index in [2.05, 4.69) is 28.4 Å². The van der Waals surface area contributed by atoms with Crippen molar-refractivity contribution in [2.75, 3.05) is 45.2 Å². The summed E-state index contributed by atoms with van der Waals surface area (Å²) in [6.45, 7) is 4.13. The Morgan fingerprint density at radius 3 is 2.55 bits per heavy atom. The van der Waals surface area contributed by atoms with Crippen LogP contribution in [0.1, 0.15) is 18.0 Å². The van der Waals surface area contributed by atoms with E-state index in [0.29, 0.717) is 6.42 Å². The van der Waals surface area contributed by atoms with E-state index in [1.807, 2.05) is 25.2 Å². The summed E-state index contributed by atoms with van der Waals surface area (Å²) in [6.07, 6.45) is 0.528. The van der Waals surface area contributed by atoms with Gasteiger partial charge in [0.15, 0.2) is 0 Å². The molecule has 2 aliphatic heterocycles. The Hall–Kier alpha value is -1.43. The van der Waals surface area contributed by atoms with Gasteiger partial charge in [0.25, 0.3) is 0 Å². The minimum absolute atomic E-state index is 0.0957. The van der Waals surface area contributed by atoms with Crippen LogP contribution in [0.25, 0.3) is 0 Å². The number of nitrogens with one attached hydrogen (secondary N) is 1. The molecule has 2 aliphatic rings. The van der Waals surface area contributed by atoms with Crippen LogP contribution in [0.2, 0.25) is 0 Å². The van der Waals surface area contributed by atoms with Crippen LogP contribution >= 0.6 is 0 Å². The fraction of sp³-hybridized carbons (Fsp3) is 0.533. The minimum atomic E-state index is 0.0957. The number of fused-ring (bicyclic) bond motifs is 1. The van der Waals surface area contributed by atoms with Crippen molar-refractivity contribution in [3.8, 4) is 0 Å². The van der Waals surface area contributed by atoms with Gasteiger partial charge in [-0.1, -0.05) is 18.2 Å². The molecule has 1 aromatic carbocycles. The van der Waals surface area contributed by atoms with Gasteiger partial charge in [-0.05, 0) is 18.7 Å². The SMILES string of the molecule is CN1CCN(NC2CC(=O)N(C)c3ccccc32)CC1. The van der Waals surface area contributed by atoms with E-state index < -0.39 is 0 Å². The molecule has 20 heavy (non-hydrogen) atoms. The smallest absolute Gasteiger partial charge is 0.228 e. The number of amides is 1. The maximum absolute atomic E-state index is 12.1. The Morgan fingerprint density at radius 2 is 1.80 bits per heavy atom. The molecular formula is C15H22N4O. The van der Waals surface area contributed by atoms with Crippen molar-refractivity contribution >= 4 is 11.6 Å². The number of para-hydroxylation sites is 1. The summed E-state index contributed by atoms with van der Waals surface area (Å²) in [5, 5.41) is 2.25. The van der Waals surface area contributed by atoms with Crippen LogP contribution in [-0.2, 0) is 4.79 Å². The molecule has 1 N–H and O–H groups in total. The summed E-state index contributed by atoms with van der Waals surface area (Å²) in [5.74, 6) is 0.176. The van der Waals surface area contributed by atoms with Crippen molar-refractivity contribution in [2.24, 2.45) is 0 Å². The van der Waals surface area contributed by atoms with Gasteiger partial charge >= 0.3 is 0 Å². The van der Waals surface area contributed by atoms with Gasteiger partial charge in [0.05, 0.1) is 6.04 Å². The molecule has 1 unspecified atom stereocenters. The van der Waals surface area contributed by atoms with E-state index in [4.69, 9.17) is 0 Å². The summed E-state index contributed by atoms with van der Waals surface area (Å²) >= 11 is 0. The third-order valence-electron chi connectivity index (χ3n) is 4.27. The summed E-state index contributed by atoms with van der Waals surface area (Å²) in [7, 11) is 4.00. The summed E-state index contributed by atoms with van der Waals surface area (Å²) < 4.78 is 0. The fourth-order valence-corrected chi connectivity index (χ4v) is 2.91. The third kappa shape index (κ3) is 2.57. The van der Waals surface area contributed by atoms with Gasteiger partial charge in [-0.15, -0.1) is 0 Å². The molecule has 0 saturated carbocycles. The number of benzene rings is 1. The lowest BCUT2D eigenvalue weighted by molar-refractivity contribution is -0.119. The Morgan fingerprint density at radius 1 is 1.10 bits per heavy atom. The average molecular weight is 274 g/mol. The normalized spacial score (nSPS) is 24.8. The Balaban J connectivity index is 1.77. The molecule has 1 aromatic rings. The quantitative estimate of drug-likeness (QED) is 0.868. The van der Waals surface area contributed by atoms with Crippen LogP contribution < -0.4 is 10.3 Å². The summed E-state index contributed by atoms with van der Waals surface area (Å²) in [4.78, 5) is 16.2. The van der Waals surface area contributed by atoms with Crippen LogP contribution in [-0.4, -0.2) is 56.1 Å². The topological polar surface area (TPSA) is 38.8 Å². The maximum atomic E-state index is 12.1. The third-order valence-corrected chi connectivity index (χ3v) is 4.27. The van der Waals surface area contributed by atoms with Crippen LogP contribution in [0, 0.1) is 0 Å². The van der Waals surface area contributed by atoms with Crippen LogP contribution in [0.3, 0.4) is 0 Å². The zero-order valence-electron chi connectivity index (χ0n) is 12.2. The molecule has 1 saturated heterocycles. The minimum Gasteiger partial charge on any atom is -0.315 e. The number of anilines is 1. The molecular weight excluding hydrogens is 252 g/mol. The van der Waals surface area contributed by atoms with Gasteiger partial charge in [0, 0.05) is 45.3 Å². The number of hydrazine groups is 1. The lowest BCUT2D eigenvalue weighted by Crippen LogP contribution is -2.53. The first-order valence-corrected chi connectivity index (χ1v) is 7.20. The van der Waals surface area contributed by atoms with E-state index in [-0.39, 0.29) is 11.9 Å². The van der Waals surface area contributed by atoms with Crippen molar-refractivity contribution in [3.63, 3.8) is 0 Å². The molecule has 0 aliphatic carbocycles. The largest absolute Gasteiger partial charge is 0.315 e. The highest BCUT2D eigenvalue weighted by molar-refractivity contribution is 5.96. The second-order valence-electron chi connectivity index (χ2n) is 5.69. The van der Waals surface area contributed by atoms with E-state index in [1.165, 1.54) is 5.56 Å². The number of nitrogens with zero attached hydrogens (tertiary/aromatic N) is 3. The summed E-state index contributed by atoms with van der Waals surface area (Å²) in [5.41, 5.74) is 5.78. The highest BCUT2D eigenvalue weighted by Gasteiger charge is 2.30. The molecule has 0 spiro atoms. The molecule has 0 aromatic heterocycles. The first-order chi connectivity index (χ1) is 9.65. The molecule has 5 heteroatoms. The number of likely N-dealkylation sites (N-methyl/N-ethyl adjacent to an activating group) is 1. The number of rotatable bonds is 2. The molecule has 2 heterocycles. The van der Waals surface area contributed by atoms with Crippen molar-refractivity contribution in [1.29, 1.82) is 0 Å². The zero-order valence-corrected chi connectivity index (χ0v) is 12.2. The van der Waals surface area contributed by atoms with Crippen LogP contribution in [0.15, 0.2) is 24.3 Å². The van der Waals surface area contributed by atoms with E-state index in [1.54, 1.807) is 4.90 Å². The van der Waals surface area contributed by atoms with Crippen molar-refractivity contribution in [2.45, 2.75) is 12.5 Å². The van der Waals surface area contributed by atoms with Crippen LogP contribution in [0.5, 0.6) is 0 Å². The van der Waals surface area contributed by atoms with Gasteiger partial charge in [0.2, 0.25) is 5.91 Å². The molecule has 1 amide bonds. The number of piperazine rings is 1. The molecule has 108 valence electrons. The number of carbonyl (C=O) groups excluding carboxylic acids is 1. The van der Waals surface area contributed by atoms with E-state index in [0.717, 1.165) is 31.9 Å². The van der Waals surface area contributed by atoms with Gasteiger partial charge in [0.1, 0.15) is 0 Å². The lowest BCUT2D eigenvalue weighted by Gasteiger charge is -2.38. The monoisotopic (exact) mass is 274 g/mol. The number of carbonyl (C=O) groups is 1. The van der Waals surface area contributed by atoms with E-state index >= 15 is 0 Å². The highest BCUT2D eigenvalue weighted by Crippen LogP contribution is 2.33. The standard InChI is InChI=1S/C15H22N4O/c1-17-7-9-19(10-8-17)16-13-11-15(20)18(2)14-6-4-3-5-12(13)14/h3-6,13,16H,7-11H2,1-2H3. The Kier molecular flexibility index (Phi) is 3.74. The van der Waals surface area contributed by atoms with Gasteiger partial charge in [-0.2, -0.15) is 0 Å². The number of hydrogen-bond acceptors (Lipinski definition) is 4. The van der Waals surface area contributed by atoms with Crippen molar-refractivity contribution in [1.82, 2.24) is 15.3 Å². The molecule has 3 rings (SSSR count).